The summed E-state index contributed by atoms with van der Waals surface area (Å²) in [4.78, 5) is 2.71. The number of fused-ring (bicyclic) bond motifs is 3. The fraction of sp³-hybridized carbons (Fsp3) is 0.429. The molecule has 130 valence electrons. The average molecular weight is 373 g/mol. The quantitative estimate of drug-likeness (QED) is 0.733. The number of benzene rings is 2. The van der Waals surface area contributed by atoms with E-state index >= 15 is 0 Å². The lowest BCUT2D eigenvalue weighted by Crippen LogP contribution is -2.44. The Morgan fingerprint density at radius 3 is 2.76 bits per heavy atom. The third kappa shape index (κ3) is 2.50. The maximum absolute atomic E-state index is 6.52. The highest BCUT2D eigenvalue weighted by Gasteiger charge is 2.41. The molecule has 0 amide bonds. The van der Waals surface area contributed by atoms with Crippen molar-refractivity contribution in [3.8, 4) is 11.1 Å². The molecular weight excluding hydrogens is 351 g/mol. The van der Waals surface area contributed by atoms with E-state index in [0.29, 0.717) is 12.0 Å². The van der Waals surface area contributed by atoms with Crippen LogP contribution in [-0.2, 0) is 6.42 Å². The molecule has 0 spiro atoms. The standard InChI is InChI=1S/C21H22Cl2N2/c22-17-5-3-6-18(23)20(17)14-10-13-4-1-2-9-25-19-7-8-24-12-16(19)15(11-14)21(13)25/h3,5-6,10-11,16,19,24H,1-2,4,7-9,12H2. The van der Waals surface area contributed by atoms with Crippen LogP contribution in [0.4, 0.5) is 5.69 Å². The second-order valence-electron chi connectivity index (χ2n) is 7.49. The minimum absolute atomic E-state index is 0.585. The molecule has 2 aromatic carbocycles. The Kier molecular flexibility index (Phi) is 3.96. The van der Waals surface area contributed by atoms with Gasteiger partial charge < -0.3 is 10.2 Å². The molecule has 3 aliphatic rings. The number of anilines is 1. The zero-order valence-corrected chi connectivity index (χ0v) is 15.7. The molecule has 0 bridgehead atoms. The molecule has 1 saturated heterocycles. The van der Waals surface area contributed by atoms with Crippen molar-refractivity contribution in [2.45, 2.75) is 37.6 Å². The molecule has 2 aromatic rings. The van der Waals surface area contributed by atoms with Gasteiger partial charge in [-0.05, 0) is 73.2 Å². The van der Waals surface area contributed by atoms with Crippen molar-refractivity contribution in [3.05, 3.63) is 51.5 Å². The minimum Gasteiger partial charge on any atom is -0.367 e. The molecule has 25 heavy (non-hydrogen) atoms. The van der Waals surface area contributed by atoms with Gasteiger partial charge in [0, 0.05) is 46.3 Å². The molecule has 5 rings (SSSR count). The average Bonchev–Trinajstić information content (AvgIpc) is 2.77. The van der Waals surface area contributed by atoms with E-state index in [-0.39, 0.29) is 0 Å². The number of piperidine rings is 1. The molecular formula is C21H22Cl2N2. The van der Waals surface area contributed by atoms with Crippen molar-refractivity contribution in [3.63, 3.8) is 0 Å². The first kappa shape index (κ1) is 16.0. The summed E-state index contributed by atoms with van der Waals surface area (Å²) in [6, 6.07) is 11.1. The van der Waals surface area contributed by atoms with E-state index in [0.717, 1.165) is 35.1 Å². The summed E-state index contributed by atoms with van der Waals surface area (Å²) in [7, 11) is 0. The van der Waals surface area contributed by atoms with Gasteiger partial charge in [-0.1, -0.05) is 29.3 Å². The predicted octanol–water partition coefficient (Wildman–Crippen LogP) is 5.26. The molecule has 2 atom stereocenters. The van der Waals surface area contributed by atoms with Gasteiger partial charge in [0.2, 0.25) is 0 Å². The molecule has 3 heterocycles. The van der Waals surface area contributed by atoms with Crippen LogP contribution in [0.25, 0.3) is 11.1 Å². The summed E-state index contributed by atoms with van der Waals surface area (Å²) in [6.07, 6.45) is 4.94. The van der Waals surface area contributed by atoms with Crippen LogP contribution in [0.2, 0.25) is 10.0 Å². The summed E-state index contributed by atoms with van der Waals surface area (Å²) in [5.74, 6) is 0.585. The van der Waals surface area contributed by atoms with Crippen LogP contribution in [0.5, 0.6) is 0 Å². The highest BCUT2D eigenvalue weighted by molar-refractivity contribution is 6.39. The number of nitrogens with zero attached hydrogens (tertiary/aromatic N) is 1. The van der Waals surface area contributed by atoms with Gasteiger partial charge in [0.1, 0.15) is 0 Å². The molecule has 0 radical (unpaired) electrons. The lowest BCUT2D eigenvalue weighted by molar-refractivity contribution is 0.401. The van der Waals surface area contributed by atoms with Crippen LogP contribution < -0.4 is 10.2 Å². The molecule has 0 aromatic heterocycles. The van der Waals surface area contributed by atoms with Crippen molar-refractivity contribution in [2.24, 2.45) is 0 Å². The summed E-state index contributed by atoms with van der Waals surface area (Å²) in [5, 5.41) is 5.08. The van der Waals surface area contributed by atoms with Gasteiger partial charge in [-0.15, -0.1) is 0 Å². The zero-order valence-electron chi connectivity index (χ0n) is 14.2. The van der Waals surface area contributed by atoms with Crippen LogP contribution in [0, 0.1) is 0 Å². The van der Waals surface area contributed by atoms with E-state index in [1.165, 1.54) is 48.2 Å². The first-order valence-corrected chi connectivity index (χ1v) is 10.1. The highest BCUT2D eigenvalue weighted by Crippen LogP contribution is 2.49. The second-order valence-corrected chi connectivity index (χ2v) is 8.30. The van der Waals surface area contributed by atoms with Crippen molar-refractivity contribution in [1.29, 1.82) is 0 Å². The SMILES string of the molecule is Clc1cccc(Cl)c1-c1cc2c3c(c1)C1CNCCC1N3CCCC2. The van der Waals surface area contributed by atoms with E-state index in [2.05, 4.69) is 22.3 Å². The van der Waals surface area contributed by atoms with Crippen molar-refractivity contribution >= 4 is 28.9 Å². The molecule has 2 unspecified atom stereocenters. The van der Waals surface area contributed by atoms with Gasteiger partial charge in [0.25, 0.3) is 0 Å². The van der Waals surface area contributed by atoms with E-state index in [1.54, 1.807) is 0 Å². The minimum atomic E-state index is 0.585. The van der Waals surface area contributed by atoms with Crippen molar-refractivity contribution in [2.75, 3.05) is 24.5 Å². The normalized spacial score (nSPS) is 24.6. The predicted molar refractivity (Wildman–Crippen MR) is 106 cm³/mol. The largest absolute Gasteiger partial charge is 0.367 e. The van der Waals surface area contributed by atoms with Gasteiger partial charge in [0.15, 0.2) is 0 Å². The highest BCUT2D eigenvalue weighted by atomic mass is 35.5. The van der Waals surface area contributed by atoms with Gasteiger partial charge >= 0.3 is 0 Å². The topological polar surface area (TPSA) is 15.3 Å². The molecule has 3 aliphatic heterocycles. The fourth-order valence-electron chi connectivity index (χ4n) is 5.04. The molecule has 4 heteroatoms. The van der Waals surface area contributed by atoms with E-state index < -0.39 is 0 Å². The zero-order chi connectivity index (χ0) is 17.0. The Balaban J connectivity index is 1.72. The third-order valence-electron chi connectivity index (χ3n) is 6.10. The van der Waals surface area contributed by atoms with Crippen LogP contribution in [0.3, 0.4) is 0 Å². The van der Waals surface area contributed by atoms with E-state index in [4.69, 9.17) is 23.2 Å². The summed E-state index contributed by atoms with van der Waals surface area (Å²) in [5.41, 5.74) is 6.66. The lowest BCUT2D eigenvalue weighted by Gasteiger charge is -2.33. The number of nitrogens with one attached hydrogen (secondary N) is 1. The number of halogens is 2. The Morgan fingerprint density at radius 2 is 1.92 bits per heavy atom. The smallest absolute Gasteiger partial charge is 0.0499 e. The maximum Gasteiger partial charge on any atom is 0.0499 e. The molecule has 0 aliphatic carbocycles. The first-order chi connectivity index (χ1) is 12.2. The van der Waals surface area contributed by atoms with Gasteiger partial charge in [-0.2, -0.15) is 0 Å². The number of rotatable bonds is 1. The summed E-state index contributed by atoms with van der Waals surface area (Å²) >= 11 is 13.0. The second kappa shape index (κ2) is 6.19. The van der Waals surface area contributed by atoms with Gasteiger partial charge in [0.05, 0.1) is 0 Å². The number of aryl methyl sites for hydroxylation is 1. The van der Waals surface area contributed by atoms with Crippen molar-refractivity contribution < 1.29 is 0 Å². The summed E-state index contributed by atoms with van der Waals surface area (Å²) in [6.45, 7) is 3.41. The van der Waals surface area contributed by atoms with E-state index in [1.807, 2.05) is 18.2 Å². The first-order valence-electron chi connectivity index (χ1n) is 9.32. The molecule has 1 fully saturated rings. The molecule has 1 N–H and O–H groups in total. The lowest BCUT2D eigenvalue weighted by atomic mass is 9.87. The Bertz CT molecular complexity index is 813. The Morgan fingerprint density at radius 1 is 1.08 bits per heavy atom. The van der Waals surface area contributed by atoms with Gasteiger partial charge in [-0.3, -0.25) is 0 Å². The Labute approximate surface area is 159 Å². The Hall–Kier alpha value is -1.22. The fourth-order valence-corrected chi connectivity index (χ4v) is 5.65. The monoisotopic (exact) mass is 372 g/mol. The van der Waals surface area contributed by atoms with Crippen LogP contribution in [0.1, 0.15) is 36.3 Å². The van der Waals surface area contributed by atoms with Crippen LogP contribution in [-0.4, -0.2) is 25.7 Å². The van der Waals surface area contributed by atoms with Gasteiger partial charge in [-0.25, -0.2) is 0 Å². The summed E-state index contributed by atoms with van der Waals surface area (Å²) < 4.78 is 0. The number of hydrogen-bond donors (Lipinski definition) is 1. The third-order valence-corrected chi connectivity index (χ3v) is 6.73. The van der Waals surface area contributed by atoms with Crippen LogP contribution >= 0.6 is 23.2 Å². The molecule has 0 saturated carbocycles. The van der Waals surface area contributed by atoms with Crippen molar-refractivity contribution in [1.82, 2.24) is 5.32 Å². The van der Waals surface area contributed by atoms with Crippen LogP contribution in [0.15, 0.2) is 30.3 Å². The maximum atomic E-state index is 6.52. The number of hydrogen-bond acceptors (Lipinski definition) is 2. The molecule has 2 nitrogen and oxygen atoms in total. The van der Waals surface area contributed by atoms with E-state index in [9.17, 15) is 0 Å².